The van der Waals surface area contributed by atoms with Gasteiger partial charge in [-0.05, 0) is 24.6 Å². The molecule has 0 bridgehead atoms. The molecular weight excluding hydrogens is 414 g/mol. The summed E-state index contributed by atoms with van der Waals surface area (Å²) in [6, 6.07) is 13.6. The van der Waals surface area contributed by atoms with E-state index in [9.17, 15) is 10.1 Å². The maximum atomic E-state index is 12.4. The van der Waals surface area contributed by atoms with Crippen molar-refractivity contribution in [2.24, 2.45) is 0 Å². The normalized spacial score (nSPS) is 11.6. The first-order valence-corrected chi connectivity index (χ1v) is 10.5. The zero-order chi connectivity index (χ0) is 23.4. The lowest BCUT2D eigenvalue weighted by molar-refractivity contribution is 0.0964. The van der Waals surface area contributed by atoms with Gasteiger partial charge in [-0.3, -0.25) is 14.8 Å². The topological polar surface area (TPSA) is 116 Å². The summed E-state index contributed by atoms with van der Waals surface area (Å²) in [5.41, 5.74) is 4.95. The number of hydrogen-bond acceptors (Lipinski definition) is 7. The van der Waals surface area contributed by atoms with Crippen LogP contribution in [0, 0.1) is 18.3 Å². The zero-order valence-electron chi connectivity index (χ0n) is 18.6. The minimum Gasteiger partial charge on any atom is -0.369 e. The second kappa shape index (κ2) is 9.40. The Kier molecular flexibility index (Phi) is 6.22. The third-order valence-electron chi connectivity index (χ3n) is 5.50. The van der Waals surface area contributed by atoms with Gasteiger partial charge in [-0.15, -0.1) is 0 Å². The van der Waals surface area contributed by atoms with Crippen LogP contribution >= 0.6 is 0 Å². The van der Waals surface area contributed by atoms with Crippen molar-refractivity contribution >= 4 is 22.6 Å². The van der Waals surface area contributed by atoms with Gasteiger partial charge in [0.05, 0.1) is 22.3 Å². The summed E-state index contributed by atoms with van der Waals surface area (Å²) in [7, 11) is 1.55. The Hall–Kier alpha value is -4.38. The number of hydrogen-bond donors (Lipinski definition) is 2. The maximum absolute atomic E-state index is 12.4. The minimum absolute atomic E-state index is 0.0612. The van der Waals surface area contributed by atoms with E-state index in [0.29, 0.717) is 28.8 Å². The number of pyridine rings is 2. The third kappa shape index (κ3) is 4.48. The molecule has 8 nitrogen and oxygen atoms in total. The molecule has 0 radical (unpaired) electrons. The quantitative estimate of drug-likeness (QED) is 0.471. The lowest BCUT2D eigenvalue weighted by atomic mass is 9.94. The molecule has 164 valence electrons. The monoisotopic (exact) mass is 437 g/mol. The van der Waals surface area contributed by atoms with E-state index in [1.54, 1.807) is 13.2 Å². The van der Waals surface area contributed by atoms with Gasteiger partial charge in [0.15, 0.2) is 0 Å². The van der Waals surface area contributed by atoms with Crippen LogP contribution in [-0.2, 0) is 0 Å². The zero-order valence-corrected chi connectivity index (χ0v) is 18.6. The predicted molar refractivity (Wildman–Crippen MR) is 127 cm³/mol. The molecule has 1 amide bonds. The Morgan fingerprint density at radius 2 is 1.97 bits per heavy atom. The number of aryl methyl sites for hydroxylation is 1. The first-order chi connectivity index (χ1) is 16.0. The molecule has 0 spiro atoms. The van der Waals surface area contributed by atoms with E-state index in [1.807, 2.05) is 43.3 Å². The standard InChI is InChI=1S/C25H23N7O/c1-15(11-29-22-9-21(31-14-32-22)17-8-7-16(2)28-12-17)19-5-4-6-20-23(25(33)27-3)18(10-26)13-30-24(19)20/h4-9,12-15H,11H2,1-3H3,(H,27,33)(H,29,31,32)/t15-/m1/s1. The molecule has 4 rings (SSSR count). The number of nitrogens with zero attached hydrogens (tertiary/aromatic N) is 5. The van der Waals surface area contributed by atoms with Crippen LogP contribution < -0.4 is 10.6 Å². The Balaban J connectivity index is 1.60. The molecule has 3 heterocycles. The Labute approximate surface area is 191 Å². The molecule has 1 aromatic carbocycles. The smallest absolute Gasteiger partial charge is 0.253 e. The summed E-state index contributed by atoms with van der Waals surface area (Å²) in [6.07, 6.45) is 4.79. The van der Waals surface area contributed by atoms with Crippen molar-refractivity contribution in [1.82, 2.24) is 25.3 Å². The second-order valence-corrected chi connectivity index (χ2v) is 7.74. The number of anilines is 1. The number of amides is 1. The number of nitrogens with one attached hydrogen (secondary N) is 2. The first kappa shape index (κ1) is 21.8. The predicted octanol–water partition coefficient (Wildman–Crippen LogP) is 3.84. The van der Waals surface area contributed by atoms with Crippen molar-refractivity contribution in [3.8, 4) is 17.3 Å². The molecule has 0 aliphatic carbocycles. The summed E-state index contributed by atoms with van der Waals surface area (Å²) in [6.45, 7) is 4.62. The molecule has 1 atom stereocenters. The average Bonchev–Trinajstić information content (AvgIpc) is 2.86. The molecule has 0 unspecified atom stereocenters. The van der Waals surface area contributed by atoms with Crippen molar-refractivity contribution in [1.29, 1.82) is 5.26 Å². The van der Waals surface area contributed by atoms with Gasteiger partial charge in [0.1, 0.15) is 18.2 Å². The van der Waals surface area contributed by atoms with E-state index >= 15 is 0 Å². The van der Waals surface area contributed by atoms with Gasteiger partial charge in [0.2, 0.25) is 0 Å². The molecule has 0 saturated heterocycles. The van der Waals surface area contributed by atoms with Crippen molar-refractivity contribution in [2.75, 3.05) is 18.9 Å². The molecule has 3 aromatic heterocycles. The number of carbonyl (C=O) groups is 1. The van der Waals surface area contributed by atoms with Crippen molar-refractivity contribution < 1.29 is 4.79 Å². The van der Waals surface area contributed by atoms with Gasteiger partial charge in [-0.2, -0.15) is 5.26 Å². The van der Waals surface area contributed by atoms with E-state index in [2.05, 4.69) is 43.6 Å². The number of aromatic nitrogens is 4. The summed E-state index contributed by atoms with van der Waals surface area (Å²) in [5.74, 6) is 0.463. The van der Waals surface area contributed by atoms with Crippen LogP contribution in [0.15, 0.2) is 55.1 Å². The highest BCUT2D eigenvalue weighted by Crippen LogP contribution is 2.28. The molecule has 0 saturated carbocycles. The van der Waals surface area contributed by atoms with Crippen LogP contribution in [0.1, 0.15) is 40.0 Å². The Bertz CT molecular complexity index is 1360. The van der Waals surface area contributed by atoms with Crippen molar-refractivity contribution in [3.63, 3.8) is 0 Å². The molecule has 4 aromatic rings. The molecule has 8 heteroatoms. The number of benzene rings is 1. The highest BCUT2D eigenvalue weighted by atomic mass is 16.1. The van der Waals surface area contributed by atoms with Gasteiger partial charge in [0, 0.05) is 54.6 Å². The lowest BCUT2D eigenvalue weighted by Crippen LogP contribution is -2.20. The Morgan fingerprint density at radius 1 is 1.12 bits per heavy atom. The number of rotatable bonds is 6. The number of fused-ring (bicyclic) bond motifs is 1. The van der Waals surface area contributed by atoms with E-state index < -0.39 is 0 Å². The maximum Gasteiger partial charge on any atom is 0.253 e. The summed E-state index contributed by atoms with van der Waals surface area (Å²) in [4.78, 5) is 30.0. The van der Waals surface area contributed by atoms with Crippen LogP contribution in [0.5, 0.6) is 0 Å². The summed E-state index contributed by atoms with van der Waals surface area (Å²) < 4.78 is 0. The van der Waals surface area contributed by atoms with E-state index in [-0.39, 0.29) is 17.4 Å². The SMILES string of the molecule is CNC(=O)c1c(C#N)cnc2c([C@H](C)CNc3cc(-c4ccc(C)nc4)ncn3)cccc12. The van der Waals surface area contributed by atoms with Crippen LogP contribution in [0.4, 0.5) is 5.82 Å². The number of carbonyl (C=O) groups excluding carboxylic acids is 1. The largest absolute Gasteiger partial charge is 0.369 e. The first-order valence-electron chi connectivity index (χ1n) is 10.5. The van der Waals surface area contributed by atoms with Crippen LogP contribution in [0.3, 0.4) is 0 Å². The van der Waals surface area contributed by atoms with E-state index in [0.717, 1.165) is 22.5 Å². The molecular formula is C25H23N7O. The van der Waals surface area contributed by atoms with Gasteiger partial charge in [-0.1, -0.05) is 25.1 Å². The van der Waals surface area contributed by atoms with Crippen LogP contribution in [0.25, 0.3) is 22.2 Å². The molecule has 0 aliphatic rings. The summed E-state index contributed by atoms with van der Waals surface area (Å²) in [5, 5.41) is 16.1. The molecule has 0 aliphatic heterocycles. The molecule has 0 fully saturated rings. The molecule has 33 heavy (non-hydrogen) atoms. The fraction of sp³-hybridized carbons (Fsp3) is 0.200. The van der Waals surface area contributed by atoms with Crippen LogP contribution in [-0.4, -0.2) is 39.4 Å². The summed E-state index contributed by atoms with van der Waals surface area (Å²) >= 11 is 0. The van der Waals surface area contributed by atoms with Gasteiger partial charge in [-0.25, -0.2) is 9.97 Å². The van der Waals surface area contributed by atoms with Gasteiger partial charge >= 0.3 is 0 Å². The van der Waals surface area contributed by atoms with Gasteiger partial charge in [0.25, 0.3) is 5.91 Å². The number of para-hydroxylation sites is 1. The van der Waals surface area contributed by atoms with Crippen molar-refractivity contribution in [2.45, 2.75) is 19.8 Å². The second-order valence-electron chi connectivity index (χ2n) is 7.74. The van der Waals surface area contributed by atoms with Crippen molar-refractivity contribution in [3.05, 3.63) is 77.5 Å². The average molecular weight is 438 g/mol. The molecule has 2 N–H and O–H groups in total. The third-order valence-corrected chi connectivity index (χ3v) is 5.50. The Morgan fingerprint density at radius 3 is 2.70 bits per heavy atom. The van der Waals surface area contributed by atoms with E-state index in [4.69, 9.17) is 0 Å². The lowest BCUT2D eigenvalue weighted by Gasteiger charge is -2.17. The van der Waals surface area contributed by atoms with Gasteiger partial charge < -0.3 is 10.6 Å². The fourth-order valence-corrected chi connectivity index (χ4v) is 3.70. The fourth-order valence-electron chi connectivity index (χ4n) is 3.70. The number of nitriles is 1. The highest BCUT2D eigenvalue weighted by Gasteiger charge is 2.19. The minimum atomic E-state index is -0.305. The van der Waals surface area contributed by atoms with Crippen LogP contribution in [0.2, 0.25) is 0 Å². The van der Waals surface area contributed by atoms with E-state index in [1.165, 1.54) is 12.5 Å². The highest BCUT2D eigenvalue weighted by molar-refractivity contribution is 6.08.